The van der Waals surface area contributed by atoms with Gasteiger partial charge >= 0.3 is 0 Å². The molecule has 5 heteroatoms. The summed E-state index contributed by atoms with van der Waals surface area (Å²) in [4.78, 5) is 4.01. The van der Waals surface area contributed by atoms with Crippen LogP contribution in [0.15, 0.2) is 30.9 Å². The van der Waals surface area contributed by atoms with E-state index in [1.807, 2.05) is 0 Å². The van der Waals surface area contributed by atoms with Crippen molar-refractivity contribution in [1.29, 1.82) is 0 Å². The van der Waals surface area contributed by atoms with Gasteiger partial charge in [-0.2, -0.15) is 5.10 Å². The van der Waals surface area contributed by atoms with Gasteiger partial charge < -0.3 is 10.4 Å². The van der Waals surface area contributed by atoms with Crippen molar-refractivity contribution in [2.45, 2.75) is 52.0 Å². The molecule has 0 radical (unpaired) electrons. The van der Waals surface area contributed by atoms with E-state index in [4.69, 9.17) is 0 Å². The van der Waals surface area contributed by atoms with Crippen molar-refractivity contribution in [3.05, 3.63) is 42.0 Å². The fourth-order valence-electron chi connectivity index (χ4n) is 3.94. The van der Waals surface area contributed by atoms with Crippen LogP contribution < -0.4 is 5.32 Å². The van der Waals surface area contributed by atoms with Crippen molar-refractivity contribution < 1.29 is 5.11 Å². The molecule has 130 valence electrons. The molecule has 0 spiro atoms. The third-order valence-corrected chi connectivity index (χ3v) is 5.31. The highest BCUT2D eigenvalue weighted by atomic mass is 16.3. The van der Waals surface area contributed by atoms with Crippen LogP contribution >= 0.6 is 0 Å². The van der Waals surface area contributed by atoms with Gasteiger partial charge in [-0.1, -0.05) is 31.4 Å². The normalized spacial score (nSPS) is 17.1. The van der Waals surface area contributed by atoms with Gasteiger partial charge in [0.1, 0.15) is 12.7 Å². The molecule has 1 aliphatic rings. The lowest BCUT2D eigenvalue weighted by atomic mass is 9.72. The number of nitrogens with zero attached hydrogens (tertiary/aromatic N) is 3. The number of nitrogens with one attached hydrogen (secondary N) is 1. The van der Waals surface area contributed by atoms with Gasteiger partial charge in [0.05, 0.1) is 5.69 Å². The molecule has 1 fully saturated rings. The van der Waals surface area contributed by atoms with E-state index in [1.54, 1.807) is 17.3 Å². The van der Waals surface area contributed by atoms with Crippen LogP contribution in [0.2, 0.25) is 0 Å². The van der Waals surface area contributed by atoms with Crippen LogP contribution in [-0.4, -0.2) is 33.0 Å². The lowest BCUT2D eigenvalue weighted by Crippen LogP contribution is -2.36. The highest BCUT2D eigenvalue weighted by Crippen LogP contribution is 2.38. The van der Waals surface area contributed by atoms with Crippen LogP contribution in [0.3, 0.4) is 0 Å². The Labute approximate surface area is 144 Å². The monoisotopic (exact) mass is 328 g/mol. The molecule has 1 aromatic heterocycles. The maximum absolute atomic E-state index is 9.42. The van der Waals surface area contributed by atoms with Gasteiger partial charge in [-0.15, -0.1) is 0 Å². The molecule has 2 aromatic rings. The second-order valence-electron chi connectivity index (χ2n) is 7.10. The minimum atomic E-state index is 0.294. The molecule has 24 heavy (non-hydrogen) atoms. The van der Waals surface area contributed by atoms with Crippen molar-refractivity contribution >= 4 is 0 Å². The fraction of sp³-hybridized carbons (Fsp3) is 0.579. The number of aromatic nitrogens is 3. The number of rotatable bonds is 7. The summed E-state index contributed by atoms with van der Waals surface area (Å²) in [7, 11) is 0. The summed E-state index contributed by atoms with van der Waals surface area (Å²) in [6.07, 6.45) is 10.6. The maximum atomic E-state index is 9.42. The number of hydrogen-bond acceptors (Lipinski definition) is 4. The highest BCUT2D eigenvalue weighted by Gasteiger charge is 2.30. The molecule has 2 N–H and O–H groups in total. The van der Waals surface area contributed by atoms with Crippen molar-refractivity contribution in [1.82, 2.24) is 20.1 Å². The van der Waals surface area contributed by atoms with Gasteiger partial charge in [0.25, 0.3) is 0 Å². The topological polar surface area (TPSA) is 63.0 Å². The molecule has 1 heterocycles. The molecule has 0 amide bonds. The van der Waals surface area contributed by atoms with Gasteiger partial charge in [-0.3, -0.25) is 0 Å². The first-order valence-electron chi connectivity index (χ1n) is 8.99. The Morgan fingerprint density at radius 1 is 1.25 bits per heavy atom. The molecule has 3 rings (SSSR count). The molecule has 0 saturated heterocycles. The van der Waals surface area contributed by atoms with E-state index in [-0.39, 0.29) is 0 Å². The SMILES string of the molecule is Cc1cc(CNCC2(CCO)CCCCC2)ccc1-n1cncn1. The zero-order valence-electron chi connectivity index (χ0n) is 14.5. The summed E-state index contributed by atoms with van der Waals surface area (Å²) in [5, 5.41) is 17.2. The number of aliphatic hydroxyl groups is 1. The molecular formula is C19H28N4O. The lowest BCUT2D eigenvalue weighted by Gasteiger charge is -2.37. The van der Waals surface area contributed by atoms with Crippen LogP contribution in [0.25, 0.3) is 5.69 Å². The summed E-state index contributed by atoms with van der Waals surface area (Å²) in [6, 6.07) is 6.46. The average molecular weight is 328 g/mol. The zero-order chi connectivity index (χ0) is 16.8. The van der Waals surface area contributed by atoms with Crippen LogP contribution in [0.4, 0.5) is 0 Å². The van der Waals surface area contributed by atoms with Crippen LogP contribution in [0.1, 0.15) is 49.7 Å². The van der Waals surface area contributed by atoms with Gasteiger partial charge in [0.15, 0.2) is 0 Å². The molecule has 5 nitrogen and oxygen atoms in total. The van der Waals surface area contributed by atoms with Crippen molar-refractivity contribution in [2.75, 3.05) is 13.2 Å². The van der Waals surface area contributed by atoms with Crippen LogP contribution in [0.5, 0.6) is 0 Å². The molecule has 0 bridgehead atoms. The summed E-state index contributed by atoms with van der Waals surface area (Å²) < 4.78 is 1.80. The van der Waals surface area contributed by atoms with E-state index >= 15 is 0 Å². The predicted octanol–water partition coefficient (Wildman–Crippen LogP) is 3.00. The first kappa shape index (κ1) is 17.1. The number of hydrogen-bond donors (Lipinski definition) is 2. The molecular weight excluding hydrogens is 300 g/mol. The average Bonchev–Trinajstić information content (AvgIpc) is 3.10. The van der Waals surface area contributed by atoms with Crippen molar-refractivity contribution in [2.24, 2.45) is 5.41 Å². The summed E-state index contributed by atoms with van der Waals surface area (Å²) in [6.45, 7) is 4.27. The zero-order valence-corrected chi connectivity index (χ0v) is 14.5. The first-order valence-corrected chi connectivity index (χ1v) is 8.99. The second kappa shape index (κ2) is 7.90. The Kier molecular flexibility index (Phi) is 5.63. The molecule has 0 unspecified atom stereocenters. The Bertz CT molecular complexity index is 627. The number of aryl methyl sites for hydroxylation is 1. The predicted molar refractivity (Wildman–Crippen MR) is 95.0 cm³/mol. The Morgan fingerprint density at radius 2 is 2.08 bits per heavy atom. The third-order valence-electron chi connectivity index (χ3n) is 5.31. The third kappa shape index (κ3) is 4.02. The molecule has 0 atom stereocenters. The van der Waals surface area contributed by atoms with E-state index < -0.39 is 0 Å². The quantitative estimate of drug-likeness (QED) is 0.820. The Morgan fingerprint density at radius 3 is 2.75 bits per heavy atom. The smallest absolute Gasteiger partial charge is 0.138 e. The highest BCUT2D eigenvalue weighted by molar-refractivity contribution is 5.41. The molecule has 1 aliphatic carbocycles. The van der Waals surface area contributed by atoms with Gasteiger partial charge in [-0.05, 0) is 48.8 Å². The summed E-state index contributed by atoms with van der Waals surface area (Å²) >= 11 is 0. The summed E-state index contributed by atoms with van der Waals surface area (Å²) in [5.74, 6) is 0. The van der Waals surface area contributed by atoms with Gasteiger partial charge in [-0.25, -0.2) is 9.67 Å². The minimum Gasteiger partial charge on any atom is -0.396 e. The van der Waals surface area contributed by atoms with E-state index in [0.717, 1.165) is 25.2 Å². The summed E-state index contributed by atoms with van der Waals surface area (Å²) in [5.41, 5.74) is 3.84. The van der Waals surface area contributed by atoms with Crippen LogP contribution in [0, 0.1) is 12.3 Å². The first-order chi connectivity index (χ1) is 11.7. The van der Waals surface area contributed by atoms with Gasteiger partial charge in [0.2, 0.25) is 0 Å². The van der Waals surface area contributed by atoms with E-state index in [1.165, 1.54) is 43.2 Å². The molecule has 0 aliphatic heterocycles. The number of aliphatic hydroxyl groups excluding tert-OH is 1. The minimum absolute atomic E-state index is 0.294. The largest absolute Gasteiger partial charge is 0.396 e. The van der Waals surface area contributed by atoms with E-state index in [9.17, 15) is 5.11 Å². The van der Waals surface area contributed by atoms with Crippen molar-refractivity contribution in [3.63, 3.8) is 0 Å². The lowest BCUT2D eigenvalue weighted by molar-refractivity contribution is 0.126. The second-order valence-corrected chi connectivity index (χ2v) is 7.10. The number of benzene rings is 1. The Hall–Kier alpha value is -1.72. The van der Waals surface area contributed by atoms with Crippen molar-refractivity contribution in [3.8, 4) is 5.69 Å². The van der Waals surface area contributed by atoms with E-state index in [2.05, 4.69) is 40.5 Å². The molecule has 1 aromatic carbocycles. The van der Waals surface area contributed by atoms with E-state index in [0.29, 0.717) is 12.0 Å². The van der Waals surface area contributed by atoms with Gasteiger partial charge in [0, 0.05) is 19.7 Å². The van der Waals surface area contributed by atoms with Crippen LogP contribution in [-0.2, 0) is 6.54 Å². The maximum Gasteiger partial charge on any atom is 0.138 e. The fourth-order valence-corrected chi connectivity index (χ4v) is 3.94. The Balaban J connectivity index is 1.59. The molecule has 1 saturated carbocycles. The standard InChI is InChI=1S/C19H28N4O/c1-16-11-17(5-6-18(16)23-15-21-14-22-23)12-20-13-19(9-10-24)7-3-2-4-8-19/h5-6,11,14-15,20,24H,2-4,7-10,12-13H2,1H3.